The molecule has 0 radical (unpaired) electrons. The summed E-state index contributed by atoms with van der Waals surface area (Å²) in [6, 6.07) is 5.97. The fraction of sp³-hybridized carbons (Fsp3) is 0.652. The Labute approximate surface area is 205 Å². The van der Waals surface area contributed by atoms with E-state index in [2.05, 4.69) is 9.64 Å². The van der Waals surface area contributed by atoms with Gasteiger partial charge in [0.25, 0.3) is 6.10 Å². The van der Waals surface area contributed by atoms with Gasteiger partial charge >= 0.3 is 18.4 Å². The zero-order chi connectivity index (χ0) is 26.7. The lowest BCUT2D eigenvalue weighted by Gasteiger charge is -2.36. The summed E-state index contributed by atoms with van der Waals surface area (Å²) in [5.74, 6) is 0.0710. The molecule has 13 heteroatoms. The van der Waals surface area contributed by atoms with Crippen molar-refractivity contribution in [1.82, 2.24) is 19.6 Å². The molecule has 1 aromatic rings. The SMILES string of the molecule is CC(=O)N1CCN(Cc2cccc(CN3CCN(C(=O)OC(C(F)(F)F)C(F)(F)F)CC3)c2C)CC1. The van der Waals surface area contributed by atoms with E-state index in [1.165, 1.54) is 0 Å². The van der Waals surface area contributed by atoms with Crippen LogP contribution in [0.2, 0.25) is 0 Å². The number of hydrogen-bond donors (Lipinski definition) is 0. The minimum atomic E-state index is -5.74. The number of piperazine rings is 2. The van der Waals surface area contributed by atoms with Gasteiger partial charge in [0.05, 0.1) is 0 Å². The standard InChI is InChI=1S/C23H30F6N4O3/c1-16-18(14-30-6-10-32(11-7-30)17(2)34)4-3-5-19(16)15-31-8-12-33(13-9-31)21(35)36-20(22(24,25)26)23(27,28)29/h3-5,20H,6-15H2,1-2H3. The molecule has 0 aliphatic carbocycles. The first kappa shape index (κ1) is 28.0. The van der Waals surface area contributed by atoms with Crippen LogP contribution < -0.4 is 0 Å². The third-order valence-corrected chi connectivity index (χ3v) is 6.61. The van der Waals surface area contributed by atoms with Gasteiger partial charge < -0.3 is 14.5 Å². The number of hydrogen-bond acceptors (Lipinski definition) is 5. The molecule has 1 aromatic carbocycles. The molecule has 2 aliphatic heterocycles. The summed E-state index contributed by atoms with van der Waals surface area (Å²) in [7, 11) is 0. The number of rotatable bonds is 5. The molecule has 0 bridgehead atoms. The monoisotopic (exact) mass is 524 g/mol. The Balaban J connectivity index is 1.53. The molecule has 0 N–H and O–H groups in total. The first-order valence-electron chi connectivity index (χ1n) is 11.6. The minimum Gasteiger partial charge on any atom is -0.426 e. The predicted octanol–water partition coefficient (Wildman–Crippen LogP) is 3.41. The van der Waals surface area contributed by atoms with E-state index >= 15 is 0 Å². The number of alkyl halides is 6. The Morgan fingerprint density at radius 3 is 1.61 bits per heavy atom. The number of ether oxygens (including phenoxy) is 1. The normalized spacial score (nSPS) is 18.6. The van der Waals surface area contributed by atoms with E-state index in [1.807, 2.05) is 34.9 Å². The van der Waals surface area contributed by atoms with E-state index in [1.54, 1.807) is 6.92 Å². The summed E-state index contributed by atoms with van der Waals surface area (Å²) >= 11 is 0. The lowest BCUT2D eigenvalue weighted by molar-refractivity contribution is -0.308. The van der Waals surface area contributed by atoms with Crippen molar-refractivity contribution in [2.75, 3.05) is 52.4 Å². The third kappa shape index (κ3) is 7.25. The molecule has 7 nitrogen and oxygen atoms in total. The minimum absolute atomic E-state index is 0.0412. The number of carbonyl (C=O) groups excluding carboxylic acids is 2. The Kier molecular flexibility index (Phi) is 8.75. The zero-order valence-corrected chi connectivity index (χ0v) is 20.2. The maximum atomic E-state index is 12.7. The Hall–Kier alpha value is -2.54. The molecule has 2 saturated heterocycles. The highest BCUT2D eigenvalue weighted by atomic mass is 19.4. The van der Waals surface area contributed by atoms with Gasteiger partial charge in [-0.25, -0.2) is 4.79 Å². The van der Waals surface area contributed by atoms with Gasteiger partial charge in [-0.3, -0.25) is 14.6 Å². The number of amides is 2. The predicted molar refractivity (Wildman–Crippen MR) is 118 cm³/mol. The molecule has 2 heterocycles. The average Bonchev–Trinajstić information content (AvgIpc) is 2.79. The molecule has 202 valence electrons. The summed E-state index contributed by atoms with van der Waals surface area (Å²) < 4.78 is 79.8. The van der Waals surface area contributed by atoms with Crippen LogP contribution in [-0.2, 0) is 22.6 Å². The largest absolute Gasteiger partial charge is 0.434 e. The number of benzene rings is 1. The second-order valence-corrected chi connectivity index (χ2v) is 9.09. The highest BCUT2D eigenvalue weighted by Gasteiger charge is 2.60. The van der Waals surface area contributed by atoms with Crippen LogP contribution >= 0.6 is 0 Å². The summed E-state index contributed by atoms with van der Waals surface area (Å²) in [6.45, 7) is 8.28. The molecule has 0 saturated carbocycles. The first-order chi connectivity index (χ1) is 16.8. The Morgan fingerprint density at radius 2 is 1.22 bits per heavy atom. The van der Waals surface area contributed by atoms with Crippen LogP contribution in [0.5, 0.6) is 0 Å². The average molecular weight is 525 g/mol. The highest BCUT2D eigenvalue weighted by molar-refractivity contribution is 5.73. The van der Waals surface area contributed by atoms with Crippen molar-refractivity contribution in [2.45, 2.75) is 45.4 Å². The van der Waals surface area contributed by atoms with Crippen LogP contribution in [0, 0.1) is 6.92 Å². The van der Waals surface area contributed by atoms with Crippen molar-refractivity contribution >= 4 is 12.0 Å². The molecule has 0 atom stereocenters. The molecular weight excluding hydrogens is 494 g/mol. The van der Waals surface area contributed by atoms with Crippen LogP contribution in [0.3, 0.4) is 0 Å². The fourth-order valence-electron chi connectivity index (χ4n) is 4.37. The Bertz CT molecular complexity index is 909. The van der Waals surface area contributed by atoms with Gasteiger partial charge in [0, 0.05) is 72.4 Å². The van der Waals surface area contributed by atoms with Crippen molar-refractivity contribution in [1.29, 1.82) is 0 Å². The lowest BCUT2D eigenvalue weighted by Crippen LogP contribution is -2.52. The van der Waals surface area contributed by atoms with Gasteiger partial charge in [0.2, 0.25) is 5.91 Å². The van der Waals surface area contributed by atoms with Crippen LogP contribution in [0.15, 0.2) is 18.2 Å². The van der Waals surface area contributed by atoms with E-state index in [4.69, 9.17) is 0 Å². The van der Waals surface area contributed by atoms with Crippen molar-refractivity contribution in [3.05, 3.63) is 34.9 Å². The van der Waals surface area contributed by atoms with Gasteiger partial charge in [0.15, 0.2) is 0 Å². The molecule has 2 fully saturated rings. The maximum absolute atomic E-state index is 12.7. The summed E-state index contributed by atoms with van der Waals surface area (Å²) in [6.07, 6.45) is -17.2. The van der Waals surface area contributed by atoms with Crippen molar-refractivity contribution in [3.8, 4) is 0 Å². The zero-order valence-electron chi connectivity index (χ0n) is 20.2. The molecule has 2 aliphatic rings. The van der Waals surface area contributed by atoms with Crippen molar-refractivity contribution in [2.24, 2.45) is 0 Å². The summed E-state index contributed by atoms with van der Waals surface area (Å²) in [5.41, 5.74) is 3.31. The molecule has 0 aromatic heterocycles. The molecule has 0 unspecified atom stereocenters. The van der Waals surface area contributed by atoms with Crippen LogP contribution in [0.25, 0.3) is 0 Å². The van der Waals surface area contributed by atoms with Gasteiger partial charge in [-0.1, -0.05) is 18.2 Å². The van der Waals surface area contributed by atoms with Gasteiger partial charge in [-0.05, 0) is 23.6 Å². The highest BCUT2D eigenvalue weighted by Crippen LogP contribution is 2.36. The molecular formula is C23H30F6N4O3. The third-order valence-electron chi connectivity index (χ3n) is 6.61. The quantitative estimate of drug-likeness (QED) is 0.553. The topological polar surface area (TPSA) is 56.3 Å². The van der Waals surface area contributed by atoms with Gasteiger partial charge in [-0.15, -0.1) is 0 Å². The number of halogens is 6. The Morgan fingerprint density at radius 1 is 0.806 bits per heavy atom. The molecule has 2 amide bonds. The van der Waals surface area contributed by atoms with Crippen LogP contribution in [0.1, 0.15) is 23.6 Å². The maximum Gasteiger partial charge on any atom is 0.434 e. The van der Waals surface area contributed by atoms with E-state index < -0.39 is 24.5 Å². The van der Waals surface area contributed by atoms with Crippen molar-refractivity contribution < 1.29 is 40.7 Å². The summed E-state index contributed by atoms with van der Waals surface area (Å²) in [5, 5.41) is 0. The van der Waals surface area contributed by atoms with E-state index in [0.717, 1.165) is 41.2 Å². The number of nitrogens with zero attached hydrogens (tertiary/aromatic N) is 4. The van der Waals surface area contributed by atoms with E-state index in [0.29, 0.717) is 19.6 Å². The fourth-order valence-corrected chi connectivity index (χ4v) is 4.37. The smallest absolute Gasteiger partial charge is 0.426 e. The van der Waals surface area contributed by atoms with Crippen LogP contribution in [0.4, 0.5) is 31.1 Å². The molecule has 0 spiro atoms. The van der Waals surface area contributed by atoms with Gasteiger partial charge in [0.1, 0.15) is 0 Å². The van der Waals surface area contributed by atoms with Crippen molar-refractivity contribution in [3.63, 3.8) is 0 Å². The molecule has 36 heavy (non-hydrogen) atoms. The second kappa shape index (κ2) is 11.2. The number of carbonyl (C=O) groups is 2. The summed E-state index contributed by atoms with van der Waals surface area (Å²) in [4.78, 5) is 30.5. The van der Waals surface area contributed by atoms with Gasteiger partial charge in [-0.2, -0.15) is 26.3 Å². The first-order valence-corrected chi connectivity index (χ1v) is 11.6. The lowest BCUT2D eigenvalue weighted by atomic mass is 10.0. The second-order valence-electron chi connectivity index (χ2n) is 9.09. The van der Waals surface area contributed by atoms with E-state index in [-0.39, 0.29) is 32.1 Å². The van der Waals surface area contributed by atoms with E-state index in [9.17, 15) is 35.9 Å². The molecule has 3 rings (SSSR count). The van der Waals surface area contributed by atoms with Crippen LogP contribution in [-0.4, -0.2) is 102 Å².